The first-order valence-corrected chi connectivity index (χ1v) is 8.10. The van der Waals surface area contributed by atoms with Crippen molar-refractivity contribution >= 4 is 17.5 Å². The molecular formula is C20H20N4O. The van der Waals surface area contributed by atoms with Gasteiger partial charge in [0.15, 0.2) is 0 Å². The van der Waals surface area contributed by atoms with E-state index < -0.39 is 0 Å². The van der Waals surface area contributed by atoms with Crippen LogP contribution in [0.3, 0.4) is 0 Å². The first-order chi connectivity index (χ1) is 12.1. The summed E-state index contributed by atoms with van der Waals surface area (Å²) in [5, 5.41) is 6.04. The van der Waals surface area contributed by atoms with Gasteiger partial charge in [-0.25, -0.2) is 9.97 Å². The summed E-state index contributed by atoms with van der Waals surface area (Å²) < 4.78 is 0. The van der Waals surface area contributed by atoms with E-state index in [2.05, 4.69) is 26.7 Å². The van der Waals surface area contributed by atoms with Crippen LogP contribution in [0.4, 0.5) is 11.6 Å². The molecule has 0 saturated heterocycles. The van der Waals surface area contributed by atoms with Crippen LogP contribution in [0.15, 0.2) is 60.9 Å². The molecule has 0 atom stereocenters. The van der Waals surface area contributed by atoms with E-state index in [9.17, 15) is 4.79 Å². The van der Waals surface area contributed by atoms with Crippen molar-refractivity contribution in [3.63, 3.8) is 0 Å². The number of carbonyl (C=O) groups is 1. The highest BCUT2D eigenvalue weighted by Gasteiger charge is 2.08. The summed E-state index contributed by atoms with van der Waals surface area (Å²) in [6, 6.07) is 15.9. The van der Waals surface area contributed by atoms with Gasteiger partial charge in [-0.05, 0) is 36.6 Å². The van der Waals surface area contributed by atoms with Crippen molar-refractivity contribution in [1.29, 1.82) is 0 Å². The number of nitrogens with one attached hydrogen (secondary N) is 2. The molecule has 5 heteroatoms. The summed E-state index contributed by atoms with van der Waals surface area (Å²) >= 11 is 0. The van der Waals surface area contributed by atoms with Gasteiger partial charge < -0.3 is 10.6 Å². The first-order valence-electron chi connectivity index (χ1n) is 8.10. The van der Waals surface area contributed by atoms with Crippen molar-refractivity contribution in [3.8, 4) is 0 Å². The third kappa shape index (κ3) is 4.41. The molecular weight excluding hydrogens is 312 g/mol. The van der Waals surface area contributed by atoms with Crippen LogP contribution in [0, 0.1) is 13.8 Å². The average Bonchev–Trinajstić information content (AvgIpc) is 2.64. The van der Waals surface area contributed by atoms with Crippen LogP contribution < -0.4 is 10.6 Å². The molecule has 1 aromatic heterocycles. The lowest BCUT2D eigenvalue weighted by Crippen LogP contribution is -2.23. The second kappa shape index (κ2) is 7.57. The Morgan fingerprint density at radius 3 is 2.44 bits per heavy atom. The summed E-state index contributed by atoms with van der Waals surface area (Å²) in [4.78, 5) is 20.7. The molecule has 1 heterocycles. The zero-order valence-electron chi connectivity index (χ0n) is 14.3. The molecule has 0 fully saturated rings. The molecule has 2 aromatic carbocycles. The minimum Gasteiger partial charge on any atom is -0.348 e. The van der Waals surface area contributed by atoms with Crippen LogP contribution in [0.2, 0.25) is 0 Å². The number of hydrogen-bond donors (Lipinski definition) is 2. The van der Waals surface area contributed by atoms with Gasteiger partial charge in [0, 0.05) is 24.6 Å². The number of carbonyl (C=O) groups excluding carboxylic acids is 1. The molecule has 0 bridgehead atoms. The molecule has 0 aliphatic carbocycles. The minimum absolute atomic E-state index is 0.192. The maximum Gasteiger partial charge on any atom is 0.254 e. The molecule has 25 heavy (non-hydrogen) atoms. The van der Waals surface area contributed by atoms with Crippen molar-refractivity contribution < 1.29 is 4.79 Å². The van der Waals surface area contributed by atoms with Gasteiger partial charge in [0.2, 0.25) is 5.95 Å². The molecule has 0 spiro atoms. The van der Waals surface area contributed by atoms with E-state index in [1.807, 2.05) is 56.3 Å². The minimum atomic E-state index is -0.192. The van der Waals surface area contributed by atoms with Gasteiger partial charge in [-0.2, -0.15) is 0 Å². The third-order valence-corrected chi connectivity index (χ3v) is 3.85. The zero-order chi connectivity index (χ0) is 17.6. The maximum atomic E-state index is 12.2. The Balaban J connectivity index is 1.63. The van der Waals surface area contributed by atoms with Crippen LogP contribution in [0.25, 0.3) is 0 Å². The predicted octanol–water partition coefficient (Wildman–Crippen LogP) is 3.77. The molecule has 0 saturated carbocycles. The number of benzene rings is 2. The lowest BCUT2D eigenvalue weighted by Gasteiger charge is -2.09. The Labute approximate surface area is 147 Å². The normalized spacial score (nSPS) is 10.3. The fourth-order valence-corrected chi connectivity index (χ4v) is 2.38. The van der Waals surface area contributed by atoms with Crippen molar-refractivity contribution in [2.45, 2.75) is 20.4 Å². The van der Waals surface area contributed by atoms with E-state index in [4.69, 9.17) is 0 Å². The molecule has 0 aliphatic heterocycles. The average molecular weight is 332 g/mol. The lowest BCUT2D eigenvalue weighted by molar-refractivity contribution is 0.0950. The third-order valence-electron chi connectivity index (χ3n) is 3.85. The fourth-order valence-electron chi connectivity index (χ4n) is 2.38. The van der Waals surface area contributed by atoms with E-state index >= 15 is 0 Å². The van der Waals surface area contributed by atoms with E-state index in [1.165, 1.54) is 12.4 Å². The van der Waals surface area contributed by atoms with Gasteiger partial charge in [0.25, 0.3) is 5.91 Å². The Kier molecular flexibility index (Phi) is 5.04. The standard InChI is InChI=1S/C20H20N4O/c1-14-8-9-15(2)18(10-14)24-20-22-12-17(13-23-20)19(25)21-11-16-6-4-3-5-7-16/h3-10,12-13H,11H2,1-2H3,(H,21,25)(H,22,23,24). The molecule has 3 rings (SSSR count). The quantitative estimate of drug-likeness (QED) is 0.746. The van der Waals surface area contributed by atoms with Crippen LogP contribution in [0.1, 0.15) is 27.0 Å². The number of nitrogens with zero attached hydrogens (tertiary/aromatic N) is 2. The highest BCUT2D eigenvalue weighted by atomic mass is 16.1. The summed E-state index contributed by atoms with van der Waals surface area (Å²) in [6.07, 6.45) is 3.06. The van der Waals surface area contributed by atoms with E-state index in [-0.39, 0.29) is 5.91 Å². The molecule has 0 unspecified atom stereocenters. The number of amides is 1. The van der Waals surface area contributed by atoms with E-state index in [1.54, 1.807) is 0 Å². The van der Waals surface area contributed by atoms with Gasteiger partial charge in [-0.3, -0.25) is 4.79 Å². The van der Waals surface area contributed by atoms with Gasteiger partial charge in [-0.1, -0.05) is 42.5 Å². The Morgan fingerprint density at radius 1 is 1.00 bits per heavy atom. The summed E-state index contributed by atoms with van der Waals surface area (Å²) in [5.41, 5.74) is 4.71. The van der Waals surface area contributed by atoms with Crippen LogP contribution in [-0.4, -0.2) is 15.9 Å². The van der Waals surface area contributed by atoms with E-state index in [0.717, 1.165) is 22.4 Å². The summed E-state index contributed by atoms with van der Waals surface area (Å²) in [6.45, 7) is 4.53. The first kappa shape index (κ1) is 16.6. The highest BCUT2D eigenvalue weighted by molar-refractivity contribution is 5.93. The molecule has 1 amide bonds. The van der Waals surface area contributed by atoms with Gasteiger partial charge >= 0.3 is 0 Å². The number of anilines is 2. The number of hydrogen-bond acceptors (Lipinski definition) is 4. The van der Waals surface area contributed by atoms with Crippen LogP contribution in [0.5, 0.6) is 0 Å². The lowest BCUT2D eigenvalue weighted by atomic mass is 10.1. The molecule has 0 radical (unpaired) electrons. The highest BCUT2D eigenvalue weighted by Crippen LogP contribution is 2.19. The van der Waals surface area contributed by atoms with Crippen molar-refractivity contribution in [2.75, 3.05) is 5.32 Å². The van der Waals surface area contributed by atoms with Crippen molar-refractivity contribution in [2.24, 2.45) is 0 Å². The van der Waals surface area contributed by atoms with Crippen LogP contribution in [-0.2, 0) is 6.54 Å². The molecule has 5 nitrogen and oxygen atoms in total. The second-order valence-corrected chi connectivity index (χ2v) is 5.91. The fraction of sp³-hybridized carbons (Fsp3) is 0.150. The predicted molar refractivity (Wildman–Crippen MR) is 98.8 cm³/mol. The van der Waals surface area contributed by atoms with Gasteiger partial charge in [-0.15, -0.1) is 0 Å². The van der Waals surface area contributed by atoms with Gasteiger partial charge in [0.05, 0.1) is 5.56 Å². The Hall–Kier alpha value is -3.21. The molecule has 2 N–H and O–H groups in total. The number of aryl methyl sites for hydroxylation is 2. The second-order valence-electron chi connectivity index (χ2n) is 5.91. The van der Waals surface area contributed by atoms with E-state index in [0.29, 0.717) is 18.1 Å². The number of rotatable bonds is 5. The SMILES string of the molecule is Cc1ccc(C)c(Nc2ncc(C(=O)NCc3ccccc3)cn2)c1. The monoisotopic (exact) mass is 332 g/mol. The maximum absolute atomic E-state index is 12.2. The Bertz CT molecular complexity index is 861. The number of aromatic nitrogens is 2. The topological polar surface area (TPSA) is 66.9 Å². The smallest absolute Gasteiger partial charge is 0.254 e. The summed E-state index contributed by atoms with van der Waals surface area (Å²) in [7, 11) is 0. The largest absolute Gasteiger partial charge is 0.348 e. The zero-order valence-corrected chi connectivity index (χ0v) is 14.3. The van der Waals surface area contributed by atoms with Gasteiger partial charge in [0.1, 0.15) is 0 Å². The van der Waals surface area contributed by atoms with Crippen molar-refractivity contribution in [3.05, 3.63) is 83.2 Å². The molecule has 3 aromatic rings. The van der Waals surface area contributed by atoms with Crippen molar-refractivity contribution in [1.82, 2.24) is 15.3 Å². The summed E-state index contributed by atoms with van der Waals surface area (Å²) in [5.74, 6) is 0.274. The Morgan fingerprint density at radius 2 is 1.72 bits per heavy atom. The molecule has 126 valence electrons. The van der Waals surface area contributed by atoms with Crippen LogP contribution >= 0.6 is 0 Å². The molecule has 0 aliphatic rings.